The number of ether oxygens (including phenoxy) is 1. The maximum atomic E-state index is 12.3. The zero-order chi connectivity index (χ0) is 21.1. The van der Waals surface area contributed by atoms with Crippen molar-refractivity contribution in [3.63, 3.8) is 0 Å². The molecule has 0 fully saturated rings. The fourth-order valence-corrected chi connectivity index (χ4v) is 4.18. The van der Waals surface area contributed by atoms with E-state index in [1.54, 1.807) is 47.6 Å². The SMILES string of the molecule is CN1C(=O)Cc2cc(C(=O)COC(=O)/C=C/c3ccc(-c4ccccc4)s3)ccc21. The van der Waals surface area contributed by atoms with Crippen LogP contribution < -0.4 is 4.90 Å². The monoisotopic (exact) mass is 417 g/mol. The van der Waals surface area contributed by atoms with Crippen molar-refractivity contribution in [1.82, 2.24) is 0 Å². The van der Waals surface area contributed by atoms with Crippen molar-refractivity contribution in [3.8, 4) is 10.4 Å². The van der Waals surface area contributed by atoms with Crippen LogP contribution >= 0.6 is 11.3 Å². The molecule has 0 unspecified atom stereocenters. The molecule has 5 nitrogen and oxygen atoms in total. The molecule has 3 aromatic rings. The molecular weight excluding hydrogens is 398 g/mol. The summed E-state index contributed by atoms with van der Waals surface area (Å²) in [6, 6.07) is 19.0. The molecule has 1 aromatic heterocycles. The van der Waals surface area contributed by atoms with Gasteiger partial charge in [-0.05, 0) is 47.5 Å². The van der Waals surface area contributed by atoms with Gasteiger partial charge in [-0.15, -0.1) is 11.3 Å². The minimum atomic E-state index is -0.575. The second-order valence-corrected chi connectivity index (χ2v) is 8.02. The number of nitrogens with zero attached hydrogens (tertiary/aromatic N) is 1. The second kappa shape index (κ2) is 8.47. The van der Waals surface area contributed by atoms with Crippen molar-refractivity contribution in [3.05, 3.63) is 82.7 Å². The normalized spacial score (nSPS) is 13.0. The van der Waals surface area contributed by atoms with E-state index in [9.17, 15) is 14.4 Å². The Morgan fingerprint density at radius 2 is 1.90 bits per heavy atom. The highest BCUT2D eigenvalue weighted by Crippen LogP contribution is 2.29. The van der Waals surface area contributed by atoms with E-state index in [-0.39, 0.29) is 24.7 Å². The first-order chi connectivity index (χ1) is 14.5. The maximum absolute atomic E-state index is 12.3. The molecule has 4 rings (SSSR count). The maximum Gasteiger partial charge on any atom is 0.331 e. The van der Waals surface area contributed by atoms with Crippen LogP contribution in [0.1, 0.15) is 20.8 Å². The predicted molar refractivity (Wildman–Crippen MR) is 118 cm³/mol. The number of hydrogen-bond donors (Lipinski definition) is 0. The number of fused-ring (bicyclic) bond motifs is 1. The summed E-state index contributed by atoms with van der Waals surface area (Å²) in [6.07, 6.45) is 3.28. The average molecular weight is 417 g/mol. The Morgan fingerprint density at radius 3 is 2.70 bits per heavy atom. The summed E-state index contributed by atoms with van der Waals surface area (Å²) >= 11 is 1.57. The van der Waals surface area contributed by atoms with Gasteiger partial charge in [0.2, 0.25) is 5.91 Å². The van der Waals surface area contributed by atoms with Crippen LogP contribution in [0.5, 0.6) is 0 Å². The molecule has 150 valence electrons. The first-order valence-corrected chi connectivity index (χ1v) is 10.3. The Hall–Kier alpha value is -3.51. The molecule has 0 atom stereocenters. The van der Waals surface area contributed by atoms with E-state index in [1.165, 1.54) is 6.08 Å². The Labute approximate surface area is 178 Å². The molecule has 1 aliphatic rings. The molecule has 1 aliphatic heterocycles. The van der Waals surface area contributed by atoms with Crippen molar-refractivity contribution in [2.75, 3.05) is 18.6 Å². The Bertz CT molecular complexity index is 1150. The van der Waals surface area contributed by atoms with Crippen molar-refractivity contribution in [2.24, 2.45) is 0 Å². The highest BCUT2D eigenvalue weighted by molar-refractivity contribution is 7.16. The van der Waals surface area contributed by atoms with Gasteiger partial charge in [-0.1, -0.05) is 30.3 Å². The smallest absolute Gasteiger partial charge is 0.331 e. The molecule has 0 radical (unpaired) electrons. The fourth-order valence-electron chi connectivity index (χ4n) is 3.26. The number of anilines is 1. The van der Waals surface area contributed by atoms with Gasteiger partial charge in [-0.3, -0.25) is 9.59 Å². The zero-order valence-corrected chi connectivity index (χ0v) is 17.1. The number of thiophene rings is 1. The van der Waals surface area contributed by atoms with Crippen LogP contribution in [-0.4, -0.2) is 31.3 Å². The largest absolute Gasteiger partial charge is 0.454 e. The fraction of sp³-hybridized carbons (Fsp3) is 0.125. The van der Waals surface area contributed by atoms with Gasteiger partial charge in [0.25, 0.3) is 0 Å². The summed E-state index contributed by atoms with van der Waals surface area (Å²) in [5.74, 6) is -0.881. The predicted octanol–water partition coefficient (Wildman–Crippen LogP) is 4.37. The van der Waals surface area contributed by atoms with E-state index in [0.717, 1.165) is 26.6 Å². The minimum absolute atomic E-state index is 0.00448. The molecule has 0 saturated carbocycles. The quantitative estimate of drug-likeness (QED) is 0.339. The number of rotatable bonds is 6. The van der Waals surface area contributed by atoms with Gasteiger partial charge < -0.3 is 9.64 Å². The van der Waals surface area contributed by atoms with Gasteiger partial charge in [0, 0.05) is 34.1 Å². The number of hydrogen-bond acceptors (Lipinski definition) is 5. The van der Waals surface area contributed by atoms with Crippen LogP contribution in [0.15, 0.2) is 66.7 Å². The Morgan fingerprint density at radius 1 is 1.10 bits per heavy atom. The van der Waals surface area contributed by atoms with Crippen LogP contribution in [-0.2, 0) is 20.7 Å². The third-order valence-corrected chi connectivity index (χ3v) is 5.99. The van der Waals surface area contributed by atoms with Crippen LogP contribution in [0, 0.1) is 0 Å². The summed E-state index contributed by atoms with van der Waals surface area (Å²) in [5, 5.41) is 0. The van der Waals surface area contributed by atoms with Gasteiger partial charge in [0.1, 0.15) is 0 Å². The van der Waals surface area contributed by atoms with Crippen molar-refractivity contribution in [2.45, 2.75) is 6.42 Å². The van der Waals surface area contributed by atoms with E-state index in [0.29, 0.717) is 5.56 Å². The van der Waals surface area contributed by atoms with Crippen LogP contribution in [0.2, 0.25) is 0 Å². The number of carbonyl (C=O) groups is 3. The van der Waals surface area contributed by atoms with E-state index >= 15 is 0 Å². The summed E-state index contributed by atoms with van der Waals surface area (Å²) in [4.78, 5) is 39.7. The topological polar surface area (TPSA) is 63.7 Å². The number of benzene rings is 2. The zero-order valence-electron chi connectivity index (χ0n) is 16.3. The third kappa shape index (κ3) is 4.23. The number of likely N-dealkylation sites (N-methyl/N-ethyl adjacent to an activating group) is 1. The number of amides is 1. The standard InChI is InChI=1S/C24H19NO4S/c1-25-20-10-7-17(13-18(20)14-23(25)27)21(26)15-29-24(28)12-9-19-8-11-22(30-19)16-5-3-2-4-6-16/h2-13H,14-15H2,1H3/b12-9+. The van der Waals surface area contributed by atoms with Crippen molar-refractivity contribution in [1.29, 1.82) is 0 Å². The van der Waals surface area contributed by atoms with Gasteiger partial charge >= 0.3 is 5.97 Å². The summed E-state index contributed by atoms with van der Waals surface area (Å²) in [6.45, 7) is -0.342. The highest BCUT2D eigenvalue weighted by atomic mass is 32.1. The Kier molecular flexibility index (Phi) is 5.59. The summed E-state index contributed by atoms with van der Waals surface area (Å²) < 4.78 is 5.09. The molecule has 0 aliphatic carbocycles. The van der Waals surface area contributed by atoms with E-state index in [1.807, 2.05) is 42.5 Å². The van der Waals surface area contributed by atoms with E-state index in [2.05, 4.69) is 0 Å². The van der Waals surface area contributed by atoms with Crippen molar-refractivity contribution < 1.29 is 19.1 Å². The molecule has 6 heteroatoms. The Balaban J connectivity index is 1.33. The van der Waals surface area contributed by atoms with E-state index in [4.69, 9.17) is 4.74 Å². The number of Topliss-reactive ketones (excluding diaryl/α,β-unsaturated/α-hetero) is 1. The van der Waals surface area contributed by atoms with Gasteiger partial charge in [0.15, 0.2) is 12.4 Å². The molecule has 0 N–H and O–H groups in total. The lowest BCUT2D eigenvalue weighted by atomic mass is 10.1. The lowest BCUT2D eigenvalue weighted by Crippen LogP contribution is -2.20. The molecule has 0 saturated heterocycles. The van der Waals surface area contributed by atoms with Crippen LogP contribution in [0.25, 0.3) is 16.5 Å². The lowest BCUT2D eigenvalue weighted by Gasteiger charge is -2.10. The number of carbonyl (C=O) groups excluding carboxylic acids is 3. The highest BCUT2D eigenvalue weighted by Gasteiger charge is 2.24. The lowest BCUT2D eigenvalue weighted by molar-refractivity contribution is -0.136. The van der Waals surface area contributed by atoms with Gasteiger partial charge in [0.05, 0.1) is 6.42 Å². The van der Waals surface area contributed by atoms with E-state index < -0.39 is 5.97 Å². The van der Waals surface area contributed by atoms with Gasteiger partial charge in [-0.2, -0.15) is 0 Å². The first-order valence-electron chi connectivity index (χ1n) is 9.44. The molecule has 2 aromatic carbocycles. The molecule has 1 amide bonds. The van der Waals surface area contributed by atoms with Crippen LogP contribution in [0.3, 0.4) is 0 Å². The number of esters is 1. The molecule has 0 spiro atoms. The van der Waals surface area contributed by atoms with Crippen LogP contribution in [0.4, 0.5) is 5.69 Å². The summed E-state index contributed by atoms with van der Waals surface area (Å²) in [5.41, 5.74) is 3.17. The molecule has 0 bridgehead atoms. The second-order valence-electron chi connectivity index (χ2n) is 6.91. The molecule has 2 heterocycles. The third-order valence-electron chi connectivity index (χ3n) is 4.89. The molecular formula is C24H19NO4S. The van der Waals surface area contributed by atoms with Crippen molar-refractivity contribution >= 4 is 40.8 Å². The average Bonchev–Trinajstić information content (AvgIpc) is 3.35. The van der Waals surface area contributed by atoms with Gasteiger partial charge in [-0.25, -0.2) is 4.79 Å². The number of ketones is 1. The first kappa shape index (κ1) is 19.8. The summed E-state index contributed by atoms with van der Waals surface area (Å²) in [7, 11) is 1.71. The minimum Gasteiger partial charge on any atom is -0.454 e. The molecule has 30 heavy (non-hydrogen) atoms.